The highest BCUT2D eigenvalue weighted by atomic mass is 16.5. The van der Waals surface area contributed by atoms with Crippen molar-refractivity contribution in [1.82, 2.24) is 5.32 Å². The van der Waals surface area contributed by atoms with Gasteiger partial charge in [0.15, 0.2) is 0 Å². The highest BCUT2D eigenvalue weighted by molar-refractivity contribution is 5.80. The van der Waals surface area contributed by atoms with Gasteiger partial charge in [-0.25, -0.2) is 0 Å². The van der Waals surface area contributed by atoms with Gasteiger partial charge in [0.25, 0.3) is 0 Å². The molecule has 0 unspecified atom stereocenters. The molecule has 1 rings (SSSR count). The minimum Gasteiger partial charge on any atom is -0.392 e. The minimum atomic E-state index is -0.490. The van der Waals surface area contributed by atoms with Gasteiger partial charge in [0, 0.05) is 13.2 Å². The van der Waals surface area contributed by atoms with Gasteiger partial charge in [0.1, 0.15) is 6.10 Å². The number of aliphatic hydroxyl groups is 1. The van der Waals surface area contributed by atoms with Crippen molar-refractivity contribution < 1.29 is 14.6 Å². The molecule has 0 saturated carbocycles. The summed E-state index contributed by atoms with van der Waals surface area (Å²) < 4.78 is 5.15. The second kappa shape index (κ2) is 4.42. The SMILES string of the molecule is C[C@H](O)CNC(=O)[C@@H]1CCCO1. The van der Waals surface area contributed by atoms with Crippen LogP contribution in [0.15, 0.2) is 0 Å². The van der Waals surface area contributed by atoms with Crippen LogP contribution in [0, 0.1) is 0 Å². The molecule has 12 heavy (non-hydrogen) atoms. The fourth-order valence-corrected chi connectivity index (χ4v) is 1.15. The highest BCUT2D eigenvalue weighted by Crippen LogP contribution is 2.11. The number of carbonyl (C=O) groups excluding carboxylic acids is 1. The highest BCUT2D eigenvalue weighted by Gasteiger charge is 2.23. The molecule has 1 heterocycles. The van der Waals surface area contributed by atoms with Gasteiger partial charge in [-0.15, -0.1) is 0 Å². The molecule has 0 aromatic heterocycles. The van der Waals surface area contributed by atoms with Crippen LogP contribution in [0.3, 0.4) is 0 Å². The molecule has 4 heteroatoms. The van der Waals surface area contributed by atoms with Gasteiger partial charge >= 0.3 is 0 Å². The fraction of sp³-hybridized carbons (Fsp3) is 0.875. The molecule has 1 fully saturated rings. The van der Waals surface area contributed by atoms with Crippen molar-refractivity contribution in [1.29, 1.82) is 0 Å². The summed E-state index contributed by atoms with van der Waals surface area (Å²) in [6.07, 6.45) is 0.970. The molecule has 70 valence electrons. The molecule has 4 nitrogen and oxygen atoms in total. The normalized spacial score (nSPS) is 25.3. The number of ether oxygens (including phenoxy) is 1. The number of rotatable bonds is 3. The van der Waals surface area contributed by atoms with Gasteiger partial charge in [0.2, 0.25) is 5.91 Å². The van der Waals surface area contributed by atoms with Crippen LogP contribution in [0.25, 0.3) is 0 Å². The monoisotopic (exact) mass is 173 g/mol. The third-order valence-corrected chi connectivity index (χ3v) is 1.79. The van der Waals surface area contributed by atoms with Gasteiger partial charge in [0.05, 0.1) is 6.10 Å². The molecule has 0 spiro atoms. The second-order valence-corrected chi connectivity index (χ2v) is 3.10. The maximum Gasteiger partial charge on any atom is 0.249 e. The smallest absolute Gasteiger partial charge is 0.249 e. The molecule has 0 bridgehead atoms. The van der Waals surface area contributed by atoms with Gasteiger partial charge in [-0.1, -0.05) is 0 Å². The molecule has 1 amide bonds. The lowest BCUT2D eigenvalue weighted by atomic mass is 10.2. The summed E-state index contributed by atoms with van der Waals surface area (Å²) in [7, 11) is 0. The maximum atomic E-state index is 11.2. The number of hydrogen-bond acceptors (Lipinski definition) is 3. The Bertz CT molecular complexity index is 152. The van der Waals surface area contributed by atoms with Crippen LogP contribution in [0.1, 0.15) is 19.8 Å². The van der Waals surface area contributed by atoms with Crippen LogP contribution >= 0.6 is 0 Å². The number of amides is 1. The first-order chi connectivity index (χ1) is 5.70. The predicted octanol–water partition coefficient (Wildman–Crippen LogP) is -0.338. The van der Waals surface area contributed by atoms with Crippen molar-refractivity contribution in [3.63, 3.8) is 0 Å². The van der Waals surface area contributed by atoms with Crippen molar-refractivity contribution in [3.05, 3.63) is 0 Å². The zero-order valence-corrected chi connectivity index (χ0v) is 7.25. The molecule has 1 saturated heterocycles. The molecule has 0 aliphatic carbocycles. The first-order valence-corrected chi connectivity index (χ1v) is 4.27. The van der Waals surface area contributed by atoms with Crippen molar-refractivity contribution in [2.75, 3.05) is 13.2 Å². The third-order valence-electron chi connectivity index (χ3n) is 1.79. The zero-order valence-electron chi connectivity index (χ0n) is 7.25. The lowest BCUT2D eigenvalue weighted by Gasteiger charge is -2.11. The molecule has 1 aliphatic heterocycles. The first kappa shape index (κ1) is 9.48. The van der Waals surface area contributed by atoms with E-state index in [1.807, 2.05) is 0 Å². The Kier molecular flexibility index (Phi) is 3.49. The third kappa shape index (κ3) is 2.79. The largest absolute Gasteiger partial charge is 0.392 e. The number of hydrogen-bond donors (Lipinski definition) is 2. The molecule has 0 aromatic rings. The predicted molar refractivity (Wildman–Crippen MR) is 43.7 cm³/mol. The van der Waals surface area contributed by atoms with E-state index in [1.165, 1.54) is 0 Å². The summed E-state index contributed by atoms with van der Waals surface area (Å²) in [5.41, 5.74) is 0. The van der Waals surface area contributed by atoms with Crippen molar-refractivity contribution >= 4 is 5.91 Å². The van der Waals surface area contributed by atoms with Crippen molar-refractivity contribution in [3.8, 4) is 0 Å². The Balaban J connectivity index is 2.18. The van der Waals surface area contributed by atoms with E-state index in [9.17, 15) is 4.79 Å². The molecular formula is C8H15NO3. The Labute approximate surface area is 71.9 Å². The standard InChI is InChI=1S/C8H15NO3/c1-6(10)5-9-8(11)7-3-2-4-12-7/h6-7,10H,2-5H2,1H3,(H,9,11)/t6-,7-/m0/s1. The molecule has 0 radical (unpaired) electrons. The summed E-state index contributed by atoms with van der Waals surface area (Å²) in [6.45, 7) is 2.61. The quantitative estimate of drug-likeness (QED) is 0.614. The van der Waals surface area contributed by atoms with E-state index in [2.05, 4.69) is 5.32 Å². The maximum absolute atomic E-state index is 11.2. The molecule has 2 atom stereocenters. The number of carbonyl (C=O) groups is 1. The average Bonchev–Trinajstić information content (AvgIpc) is 2.51. The Hall–Kier alpha value is -0.610. The molecule has 2 N–H and O–H groups in total. The van der Waals surface area contributed by atoms with E-state index in [1.54, 1.807) is 6.92 Å². The van der Waals surface area contributed by atoms with Crippen molar-refractivity contribution in [2.45, 2.75) is 32.0 Å². The lowest BCUT2D eigenvalue weighted by Crippen LogP contribution is -2.37. The summed E-state index contributed by atoms with van der Waals surface area (Å²) in [5.74, 6) is -0.103. The second-order valence-electron chi connectivity index (χ2n) is 3.10. The topological polar surface area (TPSA) is 58.6 Å². The summed E-state index contributed by atoms with van der Waals surface area (Å²) in [4.78, 5) is 11.2. The van der Waals surface area contributed by atoms with Gasteiger partial charge in [-0.3, -0.25) is 4.79 Å². The van der Waals surface area contributed by atoms with E-state index in [0.29, 0.717) is 13.2 Å². The first-order valence-electron chi connectivity index (χ1n) is 4.27. The number of aliphatic hydroxyl groups excluding tert-OH is 1. The van der Waals surface area contributed by atoms with Crippen LogP contribution in [0.4, 0.5) is 0 Å². The van der Waals surface area contributed by atoms with E-state index in [4.69, 9.17) is 9.84 Å². The summed E-state index contributed by atoms with van der Waals surface area (Å²) in [5, 5.41) is 11.5. The Morgan fingerprint density at radius 2 is 2.58 bits per heavy atom. The molecule has 0 aromatic carbocycles. The zero-order chi connectivity index (χ0) is 8.97. The minimum absolute atomic E-state index is 0.103. The van der Waals surface area contributed by atoms with Gasteiger partial charge < -0.3 is 15.2 Å². The summed E-state index contributed by atoms with van der Waals surface area (Å²) >= 11 is 0. The van der Waals surface area contributed by atoms with E-state index in [-0.39, 0.29) is 12.0 Å². The van der Waals surface area contributed by atoms with Crippen LogP contribution in [0.5, 0.6) is 0 Å². The van der Waals surface area contributed by atoms with Crippen LogP contribution in [-0.2, 0) is 9.53 Å². The van der Waals surface area contributed by atoms with Gasteiger partial charge in [-0.2, -0.15) is 0 Å². The van der Waals surface area contributed by atoms with E-state index >= 15 is 0 Å². The van der Waals surface area contributed by atoms with E-state index < -0.39 is 6.10 Å². The van der Waals surface area contributed by atoms with E-state index in [0.717, 1.165) is 12.8 Å². The van der Waals surface area contributed by atoms with Crippen LogP contribution in [0.2, 0.25) is 0 Å². The number of nitrogens with one attached hydrogen (secondary N) is 1. The molecule has 1 aliphatic rings. The lowest BCUT2D eigenvalue weighted by molar-refractivity contribution is -0.130. The Morgan fingerprint density at radius 1 is 1.83 bits per heavy atom. The fourth-order valence-electron chi connectivity index (χ4n) is 1.15. The van der Waals surface area contributed by atoms with Gasteiger partial charge in [-0.05, 0) is 19.8 Å². The molecular weight excluding hydrogens is 158 g/mol. The van der Waals surface area contributed by atoms with Crippen LogP contribution < -0.4 is 5.32 Å². The Morgan fingerprint density at radius 3 is 3.08 bits per heavy atom. The average molecular weight is 173 g/mol. The summed E-state index contributed by atoms with van der Waals surface area (Å²) in [6, 6.07) is 0. The van der Waals surface area contributed by atoms with Crippen molar-refractivity contribution in [2.24, 2.45) is 0 Å². The van der Waals surface area contributed by atoms with Crippen LogP contribution in [-0.4, -0.2) is 36.4 Å².